The van der Waals surface area contributed by atoms with Crippen molar-refractivity contribution in [3.05, 3.63) is 29.8 Å². The molecule has 0 unspecified atom stereocenters. The van der Waals surface area contributed by atoms with Gasteiger partial charge in [0.25, 0.3) is 0 Å². The predicted octanol–water partition coefficient (Wildman–Crippen LogP) is -0.0471. The third-order valence-electron chi connectivity index (χ3n) is 3.18. The van der Waals surface area contributed by atoms with Gasteiger partial charge in [0.1, 0.15) is 0 Å². The molecule has 0 amide bonds. The second-order valence-electron chi connectivity index (χ2n) is 5.13. The van der Waals surface area contributed by atoms with E-state index in [0.717, 1.165) is 6.26 Å². The fraction of sp³-hybridized carbons (Fsp3) is 0.500. The molecule has 1 atom stereocenters. The predicted molar refractivity (Wildman–Crippen MR) is 76.3 cm³/mol. The number of nitrogens with zero attached hydrogens (tertiary/aromatic N) is 1. The molecule has 0 bridgehead atoms. The van der Waals surface area contributed by atoms with Gasteiger partial charge in [-0.3, -0.25) is 0 Å². The van der Waals surface area contributed by atoms with Crippen LogP contribution in [-0.2, 0) is 25.6 Å². The van der Waals surface area contributed by atoms with Crippen molar-refractivity contribution in [3.63, 3.8) is 0 Å². The average Bonchev–Trinajstić information content (AvgIpc) is 2.75. The molecule has 1 heterocycles. The molecule has 0 aromatic heterocycles. The van der Waals surface area contributed by atoms with E-state index in [0.29, 0.717) is 25.1 Å². The van der Waals surface area contributed by atoms with Gasteiger partial charge in [-0.05, 0) is 24.1 Å². The highest BCUT2D eigenvalue weighted by molar-refractivity contribution is 7.90. The van der Waals surface area contributed by atoms with E-state index in [1.54, 1.807) is 0 Å². The molecule has 1 saturated heterocycles. The largest absolute Gasteiger partial charge is 0.326 e. The molecule has 2 rings (SSSR count). The van der Waals surface area contributed by atoms with Crippen LogP contribution in [0, 0.1) is 0 Å². The molecule has 8 heteroatoms. The van der Waals surface area contributed by atoms with E-state index in [2.05, 4.69) is 0 Å². The van der Waals surface area contributed by atoms with Crippen molar-refractivity contribution < 1.29 is 16.8 Å². The third-order valence-corrected chi connectivity index (χ3v) is 5.91. The Balaban J connectivity index is 2.21. The highest BCUT2D eigenvalue weighted by Crippen LogP contribution is 2.21. The maximum atomic E-state index is 12.3. The monoisotopic (exact) mass is 318 g/mol. The molecule has 2 N–H and O–H groups in total. The molecule has 1 aliphatic heterocycles. The Morgan fingerprint density at radius 1 is 1.20 bits per heavy atom. The second-order valence-corrected chi connectivity index (χ2v) is 9.20. The van der Waals surface area contributed by atoms with Gasteiger partial charge in [0.15, 0.2) is 9.84 Å². The van der Waals surface area contributed by atoms with E-state index in [9.17, 15) is 16.8 Å². The van der Waals surface area contributed by atoms with Crippen molar-refractivity contribution in [2.24, 2.45) is 5.73 Å². The standard InChI is InChI=1S/C12H18N2O4S2/c1-19(15,16)9-10-2-4-12(5-3-10)20(17,18)14-7-6-11(13)8-14/h2-5,11H,6-9,13H2,1H3/t11-/m1/s1. The summed E-state index contributed by atoms with van der Waals surface area (Å²) in [5.74, 6) is -0.0953. The first-order valence-corrected chi connectivity index (χ1v) is 9.71. The van der Waals surface area contributed by atoms with E-state index < -0.39 is 19.9 Å². The first-order chi connectivity index (χ1) is 9.18. The molecule has 1 fully saturated rings. The fourth-order valence-electron chi connectivity index (χ4n) is 2.18. The summed E-state index contributed by atoms with van der Waals surface area (Å²) in [6.45, 7) is 0.752. The van der Waals surface area contributed by atoms with Gasteiger partial charge in [-0.2, -0.15) is 4.31 Å². The summed E-state index contributed by atoms with van der Waals surface area (Å²) in [4.78, 5) is 0.170. The SMILES string of the molecule is CS(=O)(=O)Cc1ccc(S(=O)(=O)N2CC[C@@H](N)C2)cc1. The number of rotatable bonds is 4. The molecule has 1 aromatic carbocycles. The van der Waals surface area contributed by atoms with Crippen LogP contribution in [0.15, 0.2) is 29.2 Å². The molecule has 0 saturated carbocycles. The van der Waals surface area contributed by atoms with Gasteiger partial charge in [-0.25, -0.2) is 16.8 Å². The van der Waals surface area contributed by atoms with Crippen LogP contribution in [-0.4, -0.2) is 46.5 Å². The lowest BCUT2D eigenvalue weighted by atomic mass is 10.2. The maximum Gasteiger partial charge on any atom is 0.243 e. The summed E-state index contributed by atoms with van der Waals surface area (Å²) in [7, 11) is -6.65. The van der Waals surface area contributed by atoms with E-state index >= 15 is 0 Å². The van der Waals surface area contributed by atoms with Crippen LogP contribution in [0.25, 0.3) is 0 Å². The van der Waals surface area contributed by atoms with Gasteiger partial charge in [0.2, 0.25) is 10.0 Å². The lowest BCUT2D eigenvalue weighted by Gasteiger charge is -2.16. The topological polar surface area (TPSA) is 97.5 Å². The van der Waals surface area contributed by atoms with Crippen molar-refractivity contribution in [2.75, 3.05) is 19.3 Å². The lowest BCUT2D eigenvalue weighted by Crippen LogP contribution is -2.31. The van der Waals surface area contributed by atoms with Gasteiger partial charge >= 0.3 is 0 Å². The molecule has 0 radical (unpaired) electrons. The molecule has 1 aromatic rings. The Bertz CT molecular complexity index is 681. The van der Waals surface area contributed by atoms with E-state index in [1.807, 2.05) is 0 Å². The summed E-state index contributed by atoms with van der Waals surface area (Å²) < 4.78 is 48.4. The normalized spacial score (nSPS) is 21.2. The Labute approximate surface area is 119 Å². The van der Waals surface area contributed by atoms with Crippen molar-refractivity contribution in [1.82, 2.24) is 4.31 Å². The van der Waals surface area contributed by atoms with Gasteiger partial charge in [0, 0.05) is 25.4 Å². The minimum atomic E-state index is -3.53. The van der Waals surface area contributed by atoms with Crippen LogP contribution < -0.4 is 5.73 Å². The first kappa shape index (κ1) is 15.4. The summed E-state index contributed by atoms with van der Waals surface area (Å²) in [6.07, 6.45) is 1.80. The molecule has 0 aliphatic carbocycles. The Kier molecular flexibility index (Phi) is 4.19. The summed E-state index contributed by atoms with van der Waals surface area (Å²) >= 11 is 0. The molecule has 112 valence electrons. The van der Waals surface area contributed by atoms with Crippen molar-refractivity contribution in [3.8, 4) is 0 Å². The van der Waals surface area contributed by atoms with Gasteiger partial charge < -0.3 is 5.73 Å². The molecule has 6 nitrogen and oxygen atoms in total. The summed E-state index contributed by atoms with van der Waals surface area (Å²) in [5.41, 5.74) is 6.29. The Morgan fingerprint density at radius 3 is 2.25 bits per heavy atom. The van der Waals surface area contributed by atoms with Crippen LogP contribution >= 0.6 is 0 Å². The molecule has 1 aliphatic rings. The van der Waals surface area contributed by atoms with Gasteiger partial charge in [-0.15, -0.1) is 0 Å². The van der Waals surface area contributed by atoms with Gasteiger partial charge in [0.05, 0.1) is 10.6 Å². The zero-order valence-electron chi connectivity index (χ0n) is 11.2. The van der Waals surface area contributed by atoms with Crippen LogP contribution in [0.3, 0.4) is 0 Å². The highest BCUT2D eigenvalue weighted by atomic mass is 32.2. The smallest absolute Gasteiger partial charge is 0.243 e. The Hall–Kier alpha value is -0.960. The van der Waals surface area contributed by atoms with E-state index in [4.69, 9.17) is 5.73 Å². The second kappa shape index (κ2) is 5.44. The zero-order chi connectivity index (χ0) is 15.0. The van der Waals surface area contributed by atoms with E-state index in [-0.39, 0.29) is 16.7 Å². The average molecular weight is 318 g/mol. The Morgan fingerprint density at radius 2 is 1.80 bits per heavy atom. The van der Waals surface area contributed by atoms with Crippen LogP contribution in [0.5, 0.6) is 0 Å². The number of sulfonamides is 1. The van der Waals surface area contributed by atoms with Crippen molar-refractivity contribution in [1.29, 1.82) is 0 Å². The first-order valence-electron chi connectivity index (χ1n) is 6.21. The highest BCUT2D eigenvalue weighted by Gasteiger charge is 2.30. The minimum Gasteiger partial charge on any atom is -0.326 e. The number of benzene rings is 1. The summed E-state index contributed by atoms with van der Waals surface area (Å²) in [5, 5.41) is 0. The number of hydrogen-bond acceptors (Lipinski definition) is 5. The third kappa shape index (κ3) is 3.57. The molecule has 20 heavy (non-hydrogen) atoms. The minimum absolute atomic E-state index is 0.0953. The zero-order valence-corrected chi connectivity index (χ0v) is 12.8. The van der Waals surface area contributed by atoms with E-state index in [1.165, 1.54) is 28.6 Å². The quantitative estimate of drug-likeness (QED) is 0.839. The summed E-state index contributed by atoms with van der Waals surface area (Å²) in [6, 6.07) is 5.84. The molecular weight excluding hydrogens is 300 g/mol. The van der Waals surface area contributed by atoms with Crippen LogP contribution in [0.4, 0.5) is 0 Å². The van der Waals surface area contributed by atoms with Gasteiger partial charge in [-0.1, -0.05) is 12.1 Å². The van der Waals surface area contributed by atoms with Crippen molar-refractivity contribution in [2.45, 2.75) is 23.1 Å². The lowest BCUT2D eigenvalue weighted by molar-refractivity contribution is 0.472. The maximum absolute atomic E-state index is 12.3. The van der Waals surface area contributed by atoms with Crippen LogP contribution in [0.1, 0.15) is 12.0 Å². The van der Waals surface area contributed by atoms with Crippen molar-refractivity contribution >= 4 is 19.9 Å². The fourth-order valence-corrected chi connectivity index (χ4v) is 4.49. The molecular formula is C12H18N2O4S2. The number of sulfone groups is 1. The number of hydrogen-bond donors (Lipinski definition) is 1. The number of nitrogens with two attached hydrogens (primary N) is 1. The van der Waals surface area contributed by atoms with Crippen LogP contribution in [0.2, 0.25) is 0 Å². The molecule has 0 spiro atoms.